The molecule has 0 radical (unpaired) electrons. The average Bonchev–Trinajstić information content (AvgIpc) is 2.79. The Kier molecular flexibility index (Phi) is 12.6. The van der Waals surface area contributed by atoms with Gasteiger partial charge in [-0.05, 0) is 30.7 Å². The highest BCUT2D eigenvalue weighted by atomic mass is 35.5. The third kappa shape index (κ3) is 9.11. The van der Waals surface area contributed by atoms with E-state index in [9.17, 15) is 9.18 Å². The molecule has 2 rings (SSSR count). The highest BCUT2D eigenvalue weighted by molar-refractivity contribution is 6.31. The fourth-order valence-corrected chi connectivity index (χ4v) is 2.88. The van der Waals surface area contributed by atoms with E-state index in [0.29, 0.717) is 40.8 Å². The molecule has 1 heterocycles. The van der Waals surface area contributed by atoms with Crippen LogP contribution < -0.4 is 21.3 Å². The molecule has 0 saturated carbocycles. The van der Waals surface area contributed by atoms with Gasteiger partial charge in [-0.1, -0.05) is 45.4 Å². The first-order valence-corrected chi connectivity index (χ1v) is 11.1. The summed E-state index contributed by atoms with van der Waals surface area (Å²) in [4.78, 5) is 18.7. The molecule has 0 atom stereocenters. The van der Waals surface area contributed by atoms with Crippen molar-refractivity contribution in [3.8, 4) is 5.88 Å². The Bertz CT molecular complexity index is 922. The van der Waals surface area contributed by atoms with Crippen LogP contribution in [0.25, 0.3) is 0 Å². The maximum Gasteiger partial charge on any atom is 0.260 e. The molecule has 2 aromatic rings. The van der Waals surface area contributed by atoms with E-state index < -0.39 is 5.82 Å². The van der Waals surface area contributed by atoms with Crippen molar-refractivity contribution in [2.45, 2.75) is 40.0 Å². The molecule has 0 bridgehead atoms. The summed E-state index contributed by atoms with van der Waals surface area (Å²) in [6, 6.07) is 7.54. The Hall–Kier alpha value is -3.10. The summed E-state index contributed by atoms with van der Waals surface area (Å²) in [7, 11) is 0. The van der Waals surface area contributed by atoms with Gasteiger partial charge in [-0.15, -0.1) is 0 Å². The lowest BCUT2D eigenvalue weighted by atomic mass is 10.1. The van der Waals surface area contributed by atoms with Gasteiger partial charge in [-0.25, -0.2) is 15.2 Å². The standard InChI is InChI=1S/C21H25ClFN5O2.C3H8/c1-3-10-27(15(2)8-12-30-20-7-5-17(23)14-26-20)21(29)18-13-16(22)4-6-19(18)28(25)11-9-24;1-3-2/h4-7,9,11,13-14H,2-3,8,10,12,24-25H2,1H3;3H2,1-2H3/b11-9-;. The van der Waals surface area contributed by atoms with E-state index in [4.69, 9.17) is 27.9 Å². The Morgan fingerprint density at radius 1 is 1.27 bits per heavy atom. The smallest absolute Gasteiger partial charge is 0.260 e. The maximum atomic E-state index is 13.3. The number of hydrogen-bond acceptors (Lipinski definition) is 6. The Labute approximate surface area is 200 Å². The van der Waals surface area contributed by atoms with Gasteiger partial charge in [0, 0.05) is 42.2 Å². The van der Waals surface area contributed by atoms with Crippen molar-refractivity contribution in [2.75, 3.05) is 18.2 Å². The second-order valence-electron chi connectivity index (χ2n) is 7.05. The normalized spacial score (nSPS) is 10.4. The number of benzene rings is 1. The van der Waals surface area contributed by atoms with Crippen LogP contribution in [0.1, 0.15) is 50.4 Å². The van der Waals surface area contributed by atoms with Gasteiger partial charge in [0.05, 0.1) is 24.1 Å². The molecular weight excluding hydrogens is 445 g/mol. The molecule has 33 heavy (non-hydrogen) atoms. The van der Waals surface area contributed by atoms with Gasteiger partial charge < -0.3 is 15.4 Å². The van der Waals surface area contributed by atoms with E-state index in [1.807, 2.05) is 6.92 Å². The van der Waals surface area contributed by atoms with Crippen LogP contribution in [0, 0.1) is 5.82 Å². The van der Waals surface area contributed by atoms with E-state index in [0.717, 1.165) is 12.6 Å². The van der Waals surface area contributed by atoms with Crippen LogP contribution in [0.4, 0.5) is 10.1 Å². The summed E-state index contributed by atoms with van der Waals surface area (Å²) in [5, 5.41) is 1.65. The van der Waals surface area contributed by atoms with E-state index in [-0.39, 0.29) is 12.5 Å². The van der Waals surface area contributed by atoms with Crippen molar-refractivity contribution in [2.24, 2.45) is 11.6 Å². The zero-order valence-corrected chi connectivity index (χ0v) is 20.2. The van der Waals surface area contributed by atoms with Crippen LogP contribution in [0.2, 0.25) is 5.02 Å². The number of rotatable bonds is 10. The Balaban J connectivity index is 0.00000172. The number of nitrogens with zero attached hydrogens (tertiary/aromatic N) is 3. The number of anilines is 1. The number of hydrogen-bond donors (Lipinski definition) is 2. The Morgan fingerprint density at radius 2 is 1.97 bits per heavy atom. The monoisotopic (exact) mass is 477 g/mol. The number of aromatic nitrogens is 1. The van der Waals surface area contributed by atoms with Gasteiger partial charge >= 0.3 is 0 Å². The first kappa shape index (κ1) is 27.9. The quantitative estimate of drug-likeness (QED) is 0.359. The molecule has 9 heteroatoms. The van der Waals surface area contributed by atoms with Crippen LogP contribution in [0.15, 0.2) is 61.2 Å². The third-order valence-electron chi connectivity index (χ3n) is 4.13. The third-order valence-corrected chi connectivity index (χ3v) is 4.36. The minimum absolute atomic E-state index is 0.228. The highest BCUT2D eigenvalue weighted by Gasteiger charge is 2.22. The van der Waals surface area contributed by atoms with Gasteiger partial charge in [-0.3, -0.25) is 9.80 Å². The minimum Gasteiger partial charge on any atom is -0.477 e. The van der Waals surface area contributed by atoms with Gasteiger partial charge in [0.1, 0.15) is 5.82 Å². The van der Waals surface area contributed by atoms with Crippen molar-refractivity contribution < 1.29 is 13.9 Å². The van der Waals surface area contributed by atoms with E-state index >= 15 is 0 Å². The number of halogens is 2. The maximum absolute atomic E-state index is 13.3. The van der Waals surface area contributed by atoms with Crippen molar-refractivity contribution in [3.05, 3.63) is 77.6 Å². The molecule has 0 unspecified atom stereocenters. The van der Waals surface area contributed by atoms with Crippen LogP contribution in [-0.2, 0) is 0 Å². The van der Waals surface area contributed by atoms with Gasteiger partial charge in [0.2, 0.25) is 5.88 Å². The zero-order valence-electron chi connectivity index (χ0n) is 19.4. The van der Waals surface area contributed by atoms with Crippen LogP contribution in [0.3, 0.4) is 0 Å². The van der Waals surface area contributed by atoms with Crippen molar-refractivity contribution in [1.29, 1.82) is 0 Å². The highest BCUT2D eigenvalue weighted by Crippen LogP contribution is 2.26. The number of carbonyl (C=O) groups excluding carboxylic acids is 1. The minimum atomic E-state index is -0.442. The number of nitrogens with two attached hydrogens (primary N) is 2. The summed E-state index contributed by atoms with van der Waals surface area (Å²) in [6.45, 7) is 10.9. The second kappa shape index (κ2) is 14.9. The molecule has 1 aromatic heterocycles. The predicted octanol–water partition coefficient (Wildman–Crippen LogP) is 5.24. The molecule has 0 aliphatic heterocycles. The largest absolute Gasteiger partial charge is 0.477 e. The summed E-state index contributed by atoms with van der Waals surface area (Å²) in [6.07, 6.45) is 6.12. The predicted molar refractivity (Wildman–Crippen MR) is 132 cm³/mol. The van der Waals surface area contributed by atoms with E-state index in [1.165, 1.54) is 36.0 Å². The number of ether oxygens (including phenoxy) is 1. The SMILES string of the molecule is C=C(CCOc1ccc(F)cn1)N(CCC)C(=O)c1cc(Cl)ccc1N(N)/C=C\N.CCC. The van der Waals surface area contributed by atoms with Crippen molar-refractivity contribution in [3.63, 3.8) is 0 Å². The molecule has 4 N–H and O–H groups in total. The molecule has 180 valence electrons. The first-order chi connectivity index (χ1) is 15.8. The van der Waals surface area contributed by atoms with Gasteiger partial charge in [0.25, 0.3) is 5.91 Å². The van der Waals surface area contributed by atoms with Crippen LogP contribution >= 0.6 is 11.6 Å². The lowest BCUT2D eigenvalue weighted by molar-refractivity contribution is 0.0798. The number of hydrazine groups is 1. The summed E-state index contributed by atoms with van der Waals surface area (Å²) >= 11 is 6.12. The molecule has 7 nitrogen and oxygen atoms in total. The topological polar surface area (TPSA) is 97.7 Å². The lowest BCUT2D eigenvalue weighted by Crippen LogP contribution is -2.34. The molecule has 1 amide bonds. The first-order valence-electron chi connectivity index (χ1n) is 10.7. The number of carbonyl (C=O) groups is 1. The fraction of sp³-hybridized carbons (Fsp3) is 0.333. The number of amides is 1. The van der Waals surface area contributed by atoms with Crippen molar-refractivity contribution in [1.82, 2.24) is 9.88 Å². The molecule has 0 fully saturated rings. The molecule has 0 saturated heterocycles. The van der Waals surface area contributed by atoms with Crippen LogP contribution in [0.5, 0.6) is 5.88 Å². The van der Waals surface area contributed by atoms with Gasteiger partial charge in [-0.2, -0.15) is 0 Å². The van der Waals surface area contributed by atoms with E-state index in [2.05, 4.69) is 25.4 Å². The van der Waals surface area contributed by atoms with Crippen molar-refractivity contribution >= 4 is 23.2 Å². The summed E-state index contributed by atoms with van der Waals surface area (Å²) < 4.78 is 18.4. The Morgan fingerprint density at radius 3 is 2.55 bits per heavy atom. The number of pyridine rings is 1. The van der Waals surface area contributed by atoms with Gasteiger partial charge in [0.15, 0.2) is 0 Å². The second-order valence-corrected chi connectivity index (χ2v) is 7.49. The molecule has 0 aliphatic carbocycles. The average molecular weight is 478 g/mol. The lowest BCUT2D eigenvalue weighted by Gasteiger charge is -2.27. The fourth-order valence-electron chi connectivity index (χ4n) is 2.71. The molecular formula is C24H33ClFN5O2. The zero-order chi connectivity index (χ0) is 24.8. The summed E-state index contributed by atoms with van der Waals surface area (Å²) in [5.41, 5.74) is 6.74. The van der Waals surface area contributed by atoms with Crippen LogP contribution in [-0.4, -0.2) is 28.9 Å². The molecule has 0 spiro atoms. The molecule has 0 aliphatic rings. The molecule has 1 aromatic carbocycles. The van der Waals surface area contributed by atoms with E-state index in [1.54, 1.807) is 23.1 Å². The summed E-state index contributed by atoms with van der Waals surface area (Å²) in [5.74, 6) is 5.54.